The van der Waals surface area contributed by atoms with E-state index in [0.29, 0.717) is 19.5 Å². The second-order valence-electron chi connectivity index (χ2n) is 5.54. The Labute approximate surface area is 118 Å². The number of rotatable bonds is 2. The Balaban J connectivity index is 1.87. The maximum absolute atomic E-state index is 12.0. The molecule has 1 unspecified atom stereocenters. The molecule has 2 heterocycles. The zero-order chi connectivity index (χ0) is 14.3. The molecule has 3 rings (SSSR count). The van der Waals surface area contributed by atoms with Crippen LogP contribution < -0.4 is 15.5 Å². The summed E-state index contributed by atoms with van der Waals surface area (Å²) in [6, 6.07) is 5.91. The minimum absolute atomic E-state index is 0.0666. The second-order valence-corrected chi connectivity index (χ2v) is 5.54. The van der Waals surface area contributed by atoms with E-state index in [4.69, 9.17) is 5.73 Å². The Hall–Kier alpha value is -1.88. The number of anilines is 2. The summed E-state index contributed by atoms with van der Waals surface area (Å²) >= 11 is 0. The number of hydrogen-bond acceptors (Lipinski definition) is 3. The molecule has 0 radical (unpaired) electrons. The highest BCUT2D eigenvalue weighted by molar-refractivity contribution is 5.97. The molecule has 2 aliphatic heterocycles. The molecule has 0 spiro atoms. The van der Waals surface area contributed by atoms with Gasteiger partial charge in [-0.15, -0.1) is 0 Å². The number of fused-ring (bicyclic) bond motifs is 1. The molecule has 2 amide bonds. The molecule has 0 saturated carbocycles. The highest BCUT2D eigenvalue weighted by Crippen LogP contribution is 2.33. The number of carbonyl (C=O) groups excluding carboxylic acids is 2. The zero-order valence-corrected chi connectivity index (χ0v) is 11.6. The van der Waals surface area contributed by atoms with E-state index >= 15 is 0 Å². The average Bonchev–Trinajstić information content (AvgIpc) is 3.01. The van der Waals surface area contributed by atoms with E-state index in [1.165, 1.54) is 0 Å². The van der Waals surface area contributed by atoms with Gasteiger partial charge in [0.05, 0.1) is 0 Å². The van der Waals surface area contributed by atoms with E-state index in [9.17, 15) is 9.59 Å². The lowest BCUT2D eigenvalue weighted by Gasteiger charge is -2.19. The maximum atomic E-state index is 12.0. The van der Waals surface area contributed by atoms with Crippen molar-refractivity contribution in [3.63, 3.8) is 0 Å². The first kappa shape index (κ1) is 13.1. The number of amides is 2. The molecule has 5 heteroatoms. The monoisotopic (exact) mass is 273 g/mol. The van der Waals surface area contributed by atoms with E-state index in [1.807, 2.05) is 23.1 Å². The van der Waals surface area contributed by atoms with Crippen molar-refractivity contribution in [2.75, 3.05) is 29.4 Å². The van der Waals surface area contributed by atoms with Gasteiger partial charge in [-0.1, -0.05) is 0 Å². The van der Waals surface area contributed by atoms with Crippen molar-refractivity contribution in [1.29, 1.82) is 0 Å². The Morgan fingerprint density at radius 1 is 1.45 bits per heavy atom. The van der Waals surface area contributed by atoms with Gasteiger partial charge in [0.2, 0.25) is 11.8 Å². The first-order chi connectivity index (χ1) is 9.60. The molecule has 0 bridgehead atoms. The Kier molecular flexibility index (Phi) is 3.22. The normalized spacial score (nSPS) is 21.5. The van der Waals surface area contributed by atoms with Gasteiger partial charge in [-0.3, -0.25) is 9.59 Å². The zero-order valence-electron chi connectivity index (χ0n) is 11.6. The number of nitrogens with zero attached hydrogens (tertiary/aromatic N) is 2. The number of carbonyl (C=O) groups is 2. The van der Waals surface area contributed by atoms with Gasteiger partial charge in [-0.25, -0.2) is 0 Å². The molecule has 1 saturated heterocycles. The van der Waals surface area contributed by atoms with E-state index in [-0.39, 0.29) is 17.7 Å². The van der Waals surface area contributed by atoms with Crippen LogP contribution in [-0.4, -0.2) is 31.4 Å². The average molecular weight is 273 g/mol. The third-order valence-corrected chi connectivity index (χ3v) is 4.19. The quantitative estimate of drug-likeness (QED) is 0.871. The lowest BCUT2D eigenvalue weighted by Crippen LogP contribution is -2.26. The van der Waals surface area contributed by atoms with E-state index in [0.717, 1.165) is 29.9 Å². The molecule has 1 fully saturated rings. The van der Waals surface area contributed by atoms with E-state index in [2.05, 4.69) is 0 Å². The third kappa shape index (κ3) is 2.08. The Morgan fingerprint density at radius 3 is 2.90 bits per heavy atom. The van der Waals surface area contributed by atoms with Crippen molar-refractivity contribution in [2.45, 2.75) is 19.8 Å². The van der Waals surface area contributed by atoms with Crippen molar-refractivity contribution >= 4 is 23.2 Å². The van der Waals surface area contributed by atoms with Gasteiger partial charge < -0.3 is 15.5 Å². The summed E-state index contributed by atoms with van der Waals surface area (Å²) in [5.41, 5.74) is 8.70. The van der Waals surface area contributed by atoms with Crippen molar-refractivity contribution in [2.24, 2.45) is 11.7 Å². The molecular formula is C15H19N3O2. The van der Waals surface area contributed by atoms with Crippen LogP contribution in [0.1, 0.15) is 18.9 Å². The number of hydrogen-bond donors (Lipinski definition) is 1. The summed E-state index contributed by atoms with van der Waals surface area (Å²) in [7, 11) is 0. The molecule has 106 valence electrons. The maximum Gasteiger partial charge on any atom is 0.227 e. The smallest absolute Gasteiger partial charge is 0.227 e. The summed E-state index contributed by atoms with van der Waals surface area (Å²) in [6.45, 7) is 3.56. The van der Waals surface area contributed by atoms with Crippen molar-refractivity contribution in [1.82, 2.24) is 0 Å². The van der Waals surface area contributed by atoms with Gasteiger partial charge in [0.1, 0.15) is 0 Å². The standard InChI is InChI=1S/C15H19N3O2/c1-10(19)17-5-4-12-7-13(2-3-14(12)17)18-9-11(8-16)6-15(18)20/h2-3,7,11H,4-6,8-9,16H2,1H3. The van der Waals surface area contributed by atoms with Gasteiger partial charge in [-0.05, 0) is 42.6 Å². The van der Waals surface area contributed by atoms with E-state index in [1.54, 1.807) is 11.8 Å². The number of nitrogens with two attached hydrogens (primary N) is 1. The molecule has 0 aliphatic carbocycles. The van der Waals surface area contributed by atoms with Crippen molar-refractivity contribution < 1.29 is 9.59 Å². The largest absolute Gasteiger partial charge is 0.330 e. The van der Waals surface area contributed by atoms with Gasteiger partial charge in [-0.2, -0.15) is 0 Å². The van der Waals surface area contributed by atoms with Crippen LogP contribution in [0.5, 0.6) is 0 Å². The summed E-state index contributed by atoms with van der Waals surface area (Å²) < 4.78 is 0. The summed E-state index contributed by atoms with van der Waals surface area (Å²) in [4.78, 5) is 27.2. The summed E-state index contributed by atoms with van der Waals surface area (Å²) in [5, 5.41) is 0. The molecule has 1 aromatic rings. The predicted octanol–water partition coefficient (Wildman–Crippen LogP) is 0.907. The van der Waals surface area contributed by atoms with Crippen LogP contribution >= 0.6 is 0 Å². The lowest BCUT2D eigenvalue weighted by molar-refractivity contribution is -0.117. The first-order valence-electron chi connectivity index (χ1n) is 7.01. The van der Waals surface area contributed by atoms with Crippen LogP contribution in [0.4, 0.5) is 11.4 Å². The van der Waals surface area contributed by atoms with Crippen LogP contribution in [-0.2, 0) is 16.0 Å². The lowest BCUT2D eigenvalue weighted by atomic mass is 10.1. The second kappa shape index (κ2) is 4.90. The third-order valence-electron chi connectivity index (χ3n) is 4.19. The molecule has 5 nitrogen and oxygen atoms in total. The van der Waals surface area contributed by atoms with Crippen molar-refractivity contribution in [3.8, 4) is 0 Å². The fourth-order valence-electron chi connectivity index (χ4n) is 3.07. The van der Waals surface area contributed by atoms with Crippen LogP contribution in [0.25, 0.3) is 0 Å². The fourth-order valence-corrected chi connectivity index (χ4v) is 3.07. The molecular weight excluding hydrogens is 254 g/mol. The van der Waals surface area contributed by atoms with Gasteiger partial charge in [0.15, 0.2) is 0 Å². The molecule has 20 heavy (non-hydrogen) atoms. The van der Waals surface area contributed by atoms with Gasteiger partial charge in [0, 0.05) is 37.8 Å². The van der Waals surface area contributed by atoms with Gasteiger partial charge >= 0.3 is 0 Å². The van der Waals surface area contributed by atoms with E-state index < -0.39 is 0 Å². The minimum Gasteiger partial charge on any atom is -0.330 e. The minimum atomic E-state index is 0.0666. The Morgan fingerprint density at radius 2 is 2.25 bits per heavy atom. The highest BCUT2D eigenvalue weighted by Gasteiger charge is 2.31. The topological polar surface area (TPSA) is 66.6 Å². The fraction of sp³-hybridized carbons (Fsp3) is 0.467. The van der Waals surface area contributed by atoms with Crippen LogP contribution in [0.15, 0.2) is 18.2 Å². The molecule has 0 aromatic heterocycles. The van der Waals surface area contributed by atoms with Crippen LogP contribution in [0, 0.1) is 5.92 Å². The SMILES string of the molecule is CC(=O)N1CCc2cc(N3CC(CN)CC3=O)ccc21. The first-order valence-corrected chi connectivity index (χ1v) is 7.01. The van der Waals surface area contributed by atoms with Gasteiger partial charge in [0.25, 0.3) is 0 Å². The molecule has 1 aromatic carbocycles. The van der Waals surface area contributed by atoms with Crippen LogP contribution in [0.3, 0.4) is 0 Å². The molecule has 2 N–H and O–H groups in total. The summed E-state index contributed by atoms with van der Waals surface area (Å²) in [6.07, 6.45) is 1.39. The highest BCUT2D eigenvalue weighted by atomic mass is 16.2. The predicted molar refractivity (Wildman–Crippen MR) is 77.7 cm³/mol. The molecule has 2 aliphatic rings. The molecule has 1 atom stereocenters. The Bertz CT molecular complexity index is 570. The van der Waals surface area contributed by atoms with Crippen molar-refractivity contribution in [3.05, 3.63) is 23.8 Å². The summed E-state index contributed by atoms with van der Waals surface area (Å²) in [5.74, 6) is 0.461. The van der Waals surface area contributed by atoms with Crippen LogP contribution in [0.2, 0.25) is 0 Å². The number of benzene rings is 1.